The molecule has 2 amide bonds. The molecule has 5 rings (SSSR count). The molecule has 1 fully saturated rings. The van der Waals surface area contributed by atoms with Crippen LogP contribution in [-0.2, 0) is 22.4 Å². The van der Waals surface area contributed by atoms with Gasteiger partial charge in [0.05, 0.1) is 5.69 Å². The number of nitrogens with zero attached hydrogens (tertiary/aromatic N) is 3. The van der Waals surface area contributed by atoms with E-state index in [0.29, 0.717) is 11.5 Å². The molecule has 2 aromatic rings. The van der Waals surface area contributed by atoms with Crippen molar-refractivity contribution in [3.8, 4) is 11.5 Å². The maximum absolute atomic E-state index is 12.8. The second-order valence-corrected chi connectivity index (χ2v) is 8.92. The van der Waals surface area contributed by atoms with Gasteiger partial charge in [-0.15, -0.1) is 11.3 Å². The Labute approximate surface area is 178 Å². The summed E-state index contributed by atoms with van der Waals surface area (Å²) >= 11 is 1.69. The number of benzene rings is 1. The predicted octanol–water partition coefficient (Wildman–Crippen LogP) is 2.28. The van der Waals surface area contributed by atoms with Crippen LogP contribution in [0.2, 0.25) is 0 Å². The Balaban J connectivity index is 1.22. The largest absolute Gasteiger partial charge is 0.454 e. The Hall–Kier alpha value is -2.81. The second kappa shape index (κ2) is 7.79. The van der Waals surface area contributed by atoms with Crippen molar-refractivity contribution in [2.45, 2.75) is 26.2 Å². The predicted molar refractivity (Wildman–Crippen MR) is 113 cm³/mol. The van der Waals surface area contributed by atoms with Crippen molar-refractivity contribution in [1.29, 1.82) is 0 Å². The standard InChI is InChI=1S/C21H24N4O4S/c1-13(26)24-6-8-25(9-7-24)21-23-16-4-2-14(10-19(16)30-21)20(27)22-15-3-5-17-18(11-15)29-12-28-17/h3,5,11,14H,2,4,6-10,12H2,1H3,(H,22,27). The van der Waals surface area contributed by atoms with E-state index in [1.54, 1.807) is 24.3 Å². The normalized spacial score (nSPS) is 20.1. The van der Waals surface area contributed by atoms with Gasteiger partial charge in [0.1, 0.15) is 0 Å². The lowest BCUT2D eigenvalue weighted by Gasteiger charge is -2.33. The summed E-state index contributed by atoms with van der Waals surface area (Å²) < 4.78 is 10.7. The van der Waals surface area contributed by atoms with Gasteiger partial charge < -0.3 is 24.6 Å². The second-order valence-electron chi connectivity index (χ2n) is 7.86. The highest BCUT2D eigenvalue weighted by Gasteiger charge is 2.30. The summed E-state index contributed by atoms with van der Waals surface area (Å²) in [5.41, 5.74) is 1.85. The Morgan fingerprint density at radius 2 is 1.97 bits per heavy atom. The minimum atomic E-state index is -0.0641. The molecule has 0 bridgehead atoms. The van der Waals surface area contributed by atoms with Gasteiger partial charge in [0.2, 0.25) is 18.6 Å². The average Bonchev–Trinajstić information content (AvgIpc) is 3.39. The van der Waals surface area contributed by atoms with E-state index < -0.39 is 0 Å². The highest BCUT2D eigenvalue weighted by atomic mass is 32.1. The number of hydrogen-bond acceptors (Lipinski definition) is 7. The molecule has 3 aliphatic rings. The molecule has 2 aliphatic heterocycles. The van der Waals surface area contributed by atoms with E-state index in [2.05, 4.69) is 10.2 Å². The quantitative estimate of drug-likeness (QED) is 0.808. The Morgan fingerprint density at radius 1 is 1.17 bits per heavy atom. The fourth-order valence-corrected chi connectivity index (χ4v) is 5.39. The summed E-state index contributed by atoms with van der Waals surface area (Å²) in [5.74, 6) is 1.46. The van der Waals surface area contributed by atoms with Gasteiger partial charge >= 0.3 is 0 Å². The molecule has 1 aromatic heterocycles. The van der Waals surface area contributed by atoms with Crippen LogP contribution in [0.25, 0.3) is 0 Å². The van der Waals surface area contributed by atoms with Crippen LogP contribution >= 0.6 is 11.3 Å². The molecule has 158 valence electrons. The Bertz CT molecular complexity index is 983. The van der Waals surface area contributed by atoms with Crippen molar-refractivity contribution in [1.82, 2.24) is 9.88 Å². The molecule has 1 atom stereocenters. The van der Waals surface area contributed by atoms with Gasteiger partial charge in [-0.1, -0.05) is 0 Å². The summed E-state index contributed by atoms with van der Waals surface area (Å²) in [6.45, 7) is 4.92. The highest BCUT2D eigenvalue weighted by molar-refractivity contribution is 7.15. The number of aryl methyl sites for hydroxylation is 1. The third-order valence-corrected chi connectivity index (χ3v) is 7.12. The molecule has 0 radical (unpaired) electrons. The zero-order chi connectivity index (χ0) is 20.7. The minimum absolute atomic E-state index is 0.0320. The van der Waals surface area contributed by atoms with Crippen LogP contribution in [0, 0.1) is 5.92 Å². The molecule has 0 saturated carbocycles. The summed E-state index contributed by atoms with van der Waals surface area (Å²) in [5, 5.41) is 4.03. The number of fused-ring (bicyclic) bond motifs is 2. The van der Waals surface area contributed by atoms with E-state index in [4.69, 9.17) is 14.5 Å². The van der Waals surface area contributed by atoms with Gasteiger partial charge in [-0.3, -0.25) is 9.59 Å². The number of anilines is 2. The molecular weight excluding hydrogens is 404 g/mol. The van der Waals surface area contributed by atoms with E-state index in [1.807, 2.05) is 17.0 Å². The molecule has 8 nitrogen and oxygen atoms in total. The van der Waals surface area contributed by atoms with Crippen LogP contribution in [0.1, 0.15) is 23.9 Å². The van der Waals surface area contributed by atoms with Gasteiger partial charge in [-0.2, -0.15) is 0 Å². The monoisotopic (exact) mass is 428 g/mol. The highest BCUT2D eigenvalue weighted by Crippen LogP contribution is 2.36. The third-order valence-electron chi connectivity index (χ3n) is 5.93. The number of nitrogens with one attached hydrogen (secondary N) is 1. The molecular formula is C21H24N4O4S. The first-order chi connectivity index (χ1) is 14.6. The van der Waals surface area contributed by atoms with Crippen LogP contribution in [0.4, 0.5) is 10.8 Å². The molecule has 1 aromatic carbocycles. The first-order valence-electron chi connectivity index (χ1n) is 10.3. The topological polar surface area (TPSA) is 84.0 Å². The summed E-state index contributed by atoms with van der Waals surface area (Å²) in [6, 6.07) is 5.46. The smallest absolute Gasteiger partial charge is 0.231 e. The van der Waals surface area contributed by atoms with Crippen LogP contribution in [0.15, 0.2) is 18.2 Å². The average molecular weight is 429 g/mol. The number of piperazine rings is 1. The Morgan fingerprint density at radius 3 is 2.77 bits per heavy atom. The zero-order valence-electron chi connectivity index (χ0n) is 16.8. The summed E-state index contributed by atoms with van der Waals surface area (Å²) in [4.78, 5) is 34.5. The summed E-state index contributed by atoms with van der Waals surface area (Å²) in [7, 11) is 0. The van der Waals surface area contributed by atoms with Gasteiger partial charge in [-0.25, -0.2) is 4.98 Å². The lowest BCUT2D eigenvalue weighted by Crippen LogP contribution is -2.48. The number of ether oxygens (including phenoxy) is 2. The van der Waals surface area contributed by atoms with Crippen molar-refractivity contribution in [2.24, 2.45) is 5.92 Å². The molecule has 3 heterocycles. The summed E-state index contributed by atoms with van der Waals surface area (Å²) in [6.07, 6.45) is 2.33. The first-order valence-corrected chi connectivity index (χ1v) is 11.1. The zero-order valence-corrected chi connectivity index (χ0v) is 17.7. The van der Waals surface area contributed by atoms with Crippen molar-refractivity contribution < 1.29 is 19.1 Å². The van der Waals surface area contributed by atoms with E-state index in [-0.39, 0.29) is 24.5 Å². The molecule has 0 spiro atoms. The molecule has 1 N–H and O–H groups in total. The van der Waals surface area contributed by atoms with Crippen LogP contribution < -0.4 is 19.7 Å². The van der Waals surface area contributed by atoms with Gasteiger partial charge in [0.25, 0.3) is 0 Å². The number of amides is 2. The van der Waals surface area contributed by atoms with Gasteiger partial charge in [0, 0.05) is 55.7 Å². The van der Waals surface area contributed by atoms with Gasteiger partial charge in [0.15, 0.2) is 16.6 Å². The SMILES string of the molecule is CC(=O)N1CCN(c2nc3c(s2)CC(C(=O)Nc2ccc4c(c2)OCO4)CC3)CC1. The van der Waals surface area contributed by atoms with Gasteiger partial charge in [-0.05, 0) is 31.4 Å². The lowest BCUT2D eigenvalue weighted by atomic mass is 9.90. The van der Waals surface area contributed by atoms with E-state index in [9.17, 15) is 9.59 Å². The van der Waals surface area contributed by atoms with Crippen LogP contribution in [0.5, 0.6) is 11.5 Å². The number of aromatic nitrogens is 1. The number of carbonyl (C=O) groups excluding carboxylic acids is 2. The first kappa shape index (κ1) is 19.2. The number of thiazole rings is 1. The molecule has 1 aliphatic carbocycles. The van der Waals surface area contributed by atoms with Crippen molar-refractivity contribution in [2.75, 3.05) is 43.2 Å². The number of hydrogen-bond donors (Lipinski definition) is 1. The molecule has 30 heavy (non-hydrogen) atoms. The van der Waals surface area contributed by atoms with Crippen molar-refractivity contribution in [3.05, 3.63) is 28.8 Å². The maximum atomic E-state index is 12.8. The van der Waals surface area contributed by atoms with Crippen LogP contribution in [-0.4, -0.2) is 54.7 Å². The fourth-order valence-electron chi connectivity index (χ4n) is 4.15. The van der Waals surface area contributed by atoms with E-state index in [0.717, 1.165) is 62.0 Å². The van der Waals surface area contributed by atoms with Crippen molar-refractivity contribution >= 4 is 34.0 Å². The number of carbonyl (C=O) groups is 2. The fraction of sp³-hybridized carbons (Fsp3) is 0.476. The minimum Gasteiger partial charge on any atom is -0.454 e. The molecule has 9 heteroatoms. The van der Waals surface area contributed by atoms with Crippen molar-refractivity contribution in [3.63, 3.8) is 0 Å². The maximum Gasteiger partial charge on any atom is 0.231 e. The van der Waals surface area contributed by atoms with E-state index in [1.165, 1.54) is 4.88 Å². The Kier molecular flexibility index (Phi) is 4.98. The molecule has 1 saturated heterocycles. The third kappa shape index (κ3) is 3.69. The molecule has 1 unspecified atom stereocenters. The van der Waals surface area contributed by atoms with Crippen LogP contribution in [0.3, 0.4) is 0 Å². The van der Waals surface area contributed by atoms with E-state index >= 15 is 0 Å². The lowest BCUT2D eigenvalue weighted by molar-refractivity contribution is -0.129. The number of rotatable bonds is 3.